The molecule has 100 valence electrons. The molecule has 2 rings (SSSR count). The van der Waals surface area contributed by atoms with E-state index in [1.54, 1.807) is 0 Å². The molecule has 1 atom stereocenters. The smallest absolute Gasteiger partial charge is 0.142 e. The minimum atomic E-state index is -0.935. The van der Waals surface area contributed by atoms with E-state index in [-0.39, 0.29) is 16.5 Å². The van der Waals surface area contributed by atoms with Gasteiger partial charge in [-0.1, -0.05) is 37.3 Å². The predicted octanol–water partition coefficient (Wildman–Crippen LogP) is 4.62. The van der Waals surface area contributed by atoms with E-state index in [9.17, 15) is 13.9 Å². The fraction of sp³-hybridized carbons (Fsp3) is 0.571. The van der Waals surface area contributed by atoms with Gasteiger partial charge in [-0.3, -0.25) is 0 Å². The second-order valence-corrected chi connectivity index (χ2v) is 5.39. The number of benzene rings is 1. The standard InChI is InChI=1S/C14H17ClF2O/c15-11-8-12(16)10(7-13(11)17)14(18)9-5-3-1-2-4-6-9/h7-9,14,18H,1-6H2. The number of hydrogen-bond acceptors (Lipinski definition) is 1. The van der Waals surface area contributed by atoms with Crippen LogP contribution in [0.15, 0.2) is 12.1 Å². The summed E-state index contributed by atoms with van der Waals surface area (Å²) in [6, 6.07) is 1.96. The summed E-state index contributed by atoms with van der Waals surface area (Å²) in [6.07, 6.45) is 5.19. The topological polar surface area (TPSA) is 20.2 Å². The molecule has 1 saturated carbocycles. The Hall–Kier alpha value is -0.670. The van der Waals surface area contributed by atoms with E-state index in [4.69, 9.17) is 11.6 Å². The van der Waals surface area contributed by atoms with Gasteiger partial charge in [0.15, 0.2) is 0 Å². The van der Waals surface area contributed by atoms with E-state index in [0.29, 0.717) is 0 Å². The fourth-order valence-electron chi connectivity index (χ4n) is 2.65. The Morgan fingerprint density at radius 3 is 2.28 bits per heavy atom. The van der Waals surface area contributed by atoms with Gasteiger partial charge in [0.05, 0.1) is 11.1 Å². The summed E-state index contributed by atoms with van der Waals surface area (Å²) in [7, 11) is 0. The minimum Gasteiger partial charge on any atom is -0.388 e. The molecular weight excluding hydrogens is 258 g/mol. The zero-order valence-electron chi connectivity index (χ0n) is 10.1. The molecule has 1 unspecified atom stereocenters. The summed E-state index contributed by atoms with van der Waals surface area (Å²) in [5.74, 6) is -1.29. The number of halogens is 3. The maximum Gasteiger partial charge on any atom is 0.142 e. The maximum absolute atomic E-state index is 13.7. The van der Waals surface area contributed by atoms with Crippen molar-refractivity contribution in [3.05, 3.63) is 34.4 Å². The molecule has 18 heavy (non-hydrogen) atoms. The predicted molar refractivity (Wildman–Crippen MR) is 67.5 cm³/mol. The molecule has 1 N–H and O–H groups in total. The van der Waals surface area contributed by atoms with Crippen molar-refractivity contribution in [1.82, 2.24) is 0 Å². The lowest BCUT2D eigenvalue weighted by atomic mass is 9.89. The average molecular weight is 275 g/mol. The van der Waals surface area contributed by atoms with Gasteiger partial charge in [0, 0.05) is 5.56 Å². The molecule has 1 fully saturated rings. The molecule has 0 heterocycles. The van der Waals surface area contributed by atoms with Crippen molar-refractivity contribution in [3.63, 3.8) is 0 Å². The van der Waals surface area contributed by atoms with Gasteiger partial charge in [-0.25, -0.2) is 8.78 Å². The Morgan fingerprint density at radius 1 is 1.06 bits per heavy atom. The first-order valence-electron chi connectivity index (χ1n) is 6.42. The monoisotopic (exact) mass is 274 g/mol. The van der Waals surface area contributed by atoms with E-state index in [1.165, 1.54) is 0 Å². The lowest BCUT2D eigenvalue weighted by molar-refractivity contribution is 0.0949. The maximum atomic E-state index is 13.7. The van der Waals surface area contributed by atoms with Crippen LogP contribution in [0.4, 0.5) is 8.78 Å². The van der Waals surface area contributed by atoms with Crippen LogP contribution >= 0.6 is 11.6 Å². The third-order valence-electron chi connectivity index (χ3n) is 3.70. The van der Waals surface area contributed by atoms with Crippen LogP contribution in [-0.4, -0.2) is 5.11 Å². The molecule has 0 spiro atoms. The highest BCUT2D eigenvalue weighted by Gasteiger charge is 2.25. The van der Waals surface area contributed by atoms with E-state index >= 15 is 0 Å². The summed E-state index contributed by atoms with van der Waals surface area (Å²) in [4.78, 5) is 0. The molecule has 1 aliphatic carbocycles. The Bertz CT molecular complexity index is 415. The third kappa shape index (κ3) is 3.01. The normalized spacial score (nSPS) is 19.6. The van der Waals surface area contributed by atoms with Crippen LogP contribution in [-0.2, 0) is 0 Å². The first-order chi connectivity index (χ1) is 8.59. The van der Waals surface area contributed by atoms with Crippen LogP contribution in [0.25, 0.3) is 0 Å². The molecular formula is C14H17ClF2O. The van der Waals surface area contributed by atoms with Crippen molar-refractivity contribution in [3.8, 4) is 0 Å². The second kappa shape index (κ2) is 5.98. The summed E-state index contributed by atoms with van der Waals surface area (Å²) < 4.78 is 27.1. The Kier molecular flexibility index (Phi) is 4.57. The highest BCUT2D eigenvalue weighted by Crippen LogP contribution is 2.35. The number of aliphatic hydroxyl groups excluding tert-OH is 1. The van der Waals surface area contributed by atoms with Gasteiger partial charge < -0.3 is 5.11 Å². The largest absolute Gasteiger partial charge is 0.388 e. The molecule has 0 saturated heterocycles. The van der Waals surface area contributed by atoms with Crippen molar-refractivity contribution >= 4 is 11.6 Å². The SMILES string of the molecule is OC(c1cc(F)c(Cl)cc1F)C1CCCCCC1. The van der Waals surface area contributed by atoms with Gasteiger partial charge in [-0.2, -0.15) is 0 Å². The van der Waals surface area contributed by atoms with Crippen LogP contribution in [0.2, 0.25) is 5.02 Å². The lowest BCUT2D eigenvalue weighted by Crippen LogP contribution is -2.14. The molecule has 1 nitrogen and oxygen atoms in total. The molecule has 1 aromatic rings. The molecule has 0 amide bonds. The van der Waals surface area contributed by atoms with Gasteiger partial charge in [0.2, 0.25) is 0 Å². The summed E-state index contributed by atoms with van der Waals surface area (Å²) >= 11 is 5.51. The molecule has 0 bridgehead atoms. The molecule has 0 radical (unpaired) electrons. The van der Waals surface area contributed by atoms with Crippen molar-refractivity contribution in [2.24, 2.45) is 5.92 Å². The van der Waals surface area contributed by atoms with Crippen molar-refractivity contribution in [2.45, 2.75) is 44.6 Å². The number of hydrogen-bond donors (Lipinski definition) is 1. The van der Waals surface area contributed by atoms with Gasteiger partial charge in [0.1, 0.15) is 11.6 Å². The molecule has 4 heteroatoms. The van der Waals surface area contributed by atoms with Crippen LogP contribution in [0.3, 0.4) is 0 Å². The molecule has 1 aliphatic rings. The van der Waals surface area contributed by atoms with Crippen LogP contribution in [0, 0.1) is 17.6 Å². The van der Waals surface area contributed by atoms with E-state index in [2.05, 4.69) is 0 Å². The van der Waals surface area contributed by atoms with Crippen LogP contribution in [0.5, 0.6) is 0 Å². The molecule has 1 aromatic carbocycles. The van der Waals surface area contributed by atoms with Crippen molar-refractivity contribution < 1.29 is 13.9 Å². The van der Waals surface area contributed by atoms with Gasteiger partial charge in [0.25, 0.3) is 0 Å². The zero-order valence-corrected chi connectivity index (χ0v) is 10.9. The highest BCUT2D eigenvalue weighted by atomic mass is 35.5. The average Bonchev–Trinajstić information content (AvgIpc) is 2.61. The summed E-state index contributed by atoms with van der Waals surface area (Å²) in [5.41, 5.74) is 0.0313. The van der Waals surface area contributed by atoms with E-state index in [0.717, 1.165) is 50.7 Å². The van der Waals surface area contributed by atoms with E-state index in [1.807, 2.05) is 0 Å². The van der Waals surface area contributed by atoms with Gasteiger partial charge in [-0.05, 0) is 30.9 Å². The van der Waals surface area contributed by atoms with Crippen molar-refractivity contribution in [1.29, 1.82) is 0 Å². The Labute approximate surface area is 111 Å². The van der Waals surface area contributed by atoms with Gasteiger partial charge >= 0.3 is 0 Å². The Morgan fingerprint density at radius 2 is 1.67 bits per heavy atom. The summed E-state index contributed by atoms with van der Waals surface area (Å²) in [6.45, 7) is 0. The van der Waals surface area contributed by atoms with Crippen LogP contribution < -0.4 is 0 Å². The first kappa shape index (κ1) is 13.8. The second-order valence-electron chi connectivity index (χ2n) is 4.98. The first-order valence-corrected chi connectivity index (χ1v) is 6.80. The quantitative estimate of drug-likeness (QED) is 0.616. The van der Waals surface area contributed by atoms with Crippen molar-refractivity contribution in [2.75, 3.05) is 0 Å². The lowest BCUT2D eigenvalue weighted by Gasteiger charge is -2.22. The summed E-state index contributed by atoms with van der Waals surface area (Å²) in [5, 5.41) is 9.97. The van der Waals surface area contributed by atoms with Gasteiger partial charge in [-0.15, -0.1) is 0 Å². The van der Waals surface area contributed by atoms with E-state index < -0.39 is 17.7 Å². The highest BCUT2D eigenvalue weighted by molar-refractivity contribution is 6.30. The minimum absolute atomic E-state index is 0.0163. The fourth-order valence-corrected chi connectivity index (χ4v) is 2.80. The number of rotatable bonds is 2. The number of aliphatic hydroxyl groups is 1. The third-order valence-corrected chi connectivity index (χ3v) is 3.99. The molecule has 0 aromatic heterocycles. The zero-order chi connectivity index (χ0) is 13.1. The van der Waals surface area contributed by atoms with Crippen LogP contribution in [0.1, 0.15) is 50.2 Å². The molecule has 0 aliphatic heterocycles. The Balaban J connectivity index is 2.21.